The van der Waals surface area contributed by atoms with Crippen LogP contribution >= 0.6 is 0 Å². The molecule has 1 aromatic heterocycles. The Kier molecular flexibility index (Phi) is 3.42. The molecule has 2 aromatic carbocycles. The van der Waals surface area contributed by atoms with E-state index in [1.807, 2.05) is 66.7 Å². The minimum Gasteiger partial charge on any atom is -0.383 e. The summed E-state index contributed by atoms with van der Waals surface area (Å²) in [6.45, 7) is 0. The number of pyridine rings is 1. The Balaban J connectivity index is 2.29. The molecule has 3 nitrogen and oxygen atoms in total. The van der Waals surface area contributed by atoms with Crippen LogP contribution in [-0.2, 0) is 5.60 Å². The average Bonchev–Trinajstić information content (AvgIpc) is 2.56. The van der Waals surface area contributed by atoms with Gasteiger partial charge < -0.3 is 10.8 Å². The maximum Gasteiger partial charge on any atom is 0.144 e. The molecule has 0 saturated heterocycles. The zero-order valence-corrected chi connectivity index (χ0v) is 11.5. The Morgan fingerprint density at radius 2 is 1.29 bits per heavy atom. The number of aromatic nitrogens is 1. The van der Waals surface area contributed by atoms with Crippen molar-refractivity contribution in [2.45, 2.75) is 5.60 Å². The number of hydrogen-bond acceptors (Lipinski definition) is 3. The Hall–Kier alpha value is -2.65. The second-order valence-electron chi connectivity index (χ2n) is 4.88. The van der Waals surface area contributed by atoms with E-state index in [0.29, 0.717) is 11.4 Å². The van der Waals surface area contributed by atoms with Gasteiger partial charge in [-0.25, -0.2) is 4.98 Å². The van der Waals surface area contributed by atoms with E-state index in [0.717, 1.165) is 11.1 Å². The van der Waals surface area contributed by atoms with Crippen molar-refractivity contribution >= 4 is 5.82 Å². The quantitative estimate of drug-likeness (QED) is 0.773. The molecular weight excluding hydrogens is 260 g/mol. The Morgan fingerprint density at radius 3 is 1.76 bits per heavy atom. The summed E-state index contributed by atoms with van der Waals surface area (Å²) in [4.78, 5) is 4.11. The predicted molar refractivity (Wildman–Crippen MR) is 83.6 cm³/mol. The maximum atomic E-state index is 11.5. The third-order valence-corrected chi connectivity index (χ3v) is 3.61. The van der Waals surface area contributed by atoms with E-state index < -0.39 is 5.60 Å². The number of hydrogen-bond donors (Lipinski definition) is 2. The first-order valence-electron chi connectivity index (χ1n) is 6.77. The van der Waals surface area contributed by atoms with Gasteiger partial charge in [-0.05, 0) is 17.2 Å². The fourth-order valence-electron chi connectivity index (χ4n) is 2.56. The highest BCUT2D eigenvalue weighted by molar-refractivity contribution is 5.54. The number of benzene rings is 2. The largest absolute Gasteiger partial charge is 0.383 e. The van der Waals surface area contributed by atoms with Crippen molar-refractivity contribution in [2.75, 3.05) is 5.73 Å². The van der Waals surface area contributed by atoms with E-state index in [2.05, 4.69) is 4.98 Å². The molecule has 3 aromatic rings. The van der Waals surface area contributed by atoms with Gasteiger partial charge in [-0.15, -0.1) is 0 Å². The van der Waals surface area contributed by atoms with Crippen molar-refractivity contribution in [3.8, 4) is 0 Å². The van der Waals surface area contributed by atoms with Crippen molar-refractivity contribution < 1.29 is 5.11 Å². The highest BCUT2D eigenvalue weighted by atomic mass is 16.3. The van der Waals surface area contributed by atoms with Crippen LogP contribution in [0.5, 0.6) is 0 Å². The molecule has 0 aliphatic rings. The smallest absolute Gasteiger partial charge is 0.144 e. The molecule has 3 rings (SSSR count). The van der Waals surface area contributed by atoms with E-state index in [9.17, 15) is 5.11 Å². The van der Waals surface area contributed by atoms with Crippen molar-refractivity contribution in [2.24, 2.45) is 0 Å². The average molecular weight is 276 g/mol. The van der Waals surface area contributed by atoms with Crippen molar-refractivity contribution in [1.82, 2.24) is 4.98 Å². The van der Waals surface area contributed by atoms with Crippen LogP contribution in [0.3, 0.4) is 0 Å². The van der Waals surface area contributed by atoms with Crippen molar-refractivity contribution in [3.63, 3.8) is 0 Å². The first-order valence-corrected chi connectivity index (χ1v) is 6.77. The van der Waals surface area contributed by atoms with Crippen LogP contribution < -0.4 is 5.73 Å². The fraction of sp³-hybridized carbons (Fsp3) is 0.0556. The summed E-state index contributed by atoms with van der Waals surface area (Å²) in [5.41, 5.74) is 6.80. The van der Waals surface area contributed by atoms with Gasteiger partial charge in [-0.1, -0.05) is 66.7 Å². The summed E-state index contributed by atoms with van der Waals surface area (Å²) >= 11 is 0. The molecule has 1 heterocycles. The van der Waals surface area contributed by atoms with Gasteiger partial charge in [0, 0.05) is 11.8 Å². The lowest BCUT2D eigenvalue weighted by atomic mass is 9.80. The van der Waals surface area contributed by atoms with Crippen LogP contribution in [0.2, 0.25) is 0 Å². The normalized spacial score (nSPS) is 11.3. The lowest BCUT2D eigenvalue weighted by Gasteiger charge is -2.30. The van der Waals surface area contributed by atoms with Gasteiger partial charge in [0.2, 0.25) is 0 Å². The van der Waals surface area contributed by atoms with E-state index in [1.54, 1.807) is 12.3 Å². The van der Waals surface area contributed by atoms with Crippen LogP contribution in [0.4, 0.5) is 5.82 Å². The molecule has 0 spiro atoms. The van der Waals surface area contributed by atoms with Gasteiger partial charge in [-0.2, -0.15) is 0 Å². The second-order valence-corrected chi connectivity index (χ2v) is 4.88. The SMILES string of the molecule is Nc1ncccc1C(O)(c1ccccc1)c1ccccc1. The number of nitrogens with two attached hydrogens (primary N) is 1. The molecule has 0 saturated carbocycles. The molecule has 3 N–H and O–H groups in total. The van der Waals surface area contributed by atoms with Gasteiger partial charge in [0.25, 0.3) is 0 Å². The van der Waals surface area contributed by atoms with Gasteiger partial charge >= 0.3 is 0 Å². The molecule has 0 amide bonds. The van der Waals surface area contributed by atoms with E-state index in [-0.39, 0.29) is 0 Å². The summed E-state index contributed by atoms with van der Waals surface area (Å²) in [7, 11) is 0. The summed E-state index contributed by atoms with van der Waals surface area (Å²) in [5.74, 6) is 0.327. The number of aliphatic hydroxyl groups is 1. The fourth-order valence-corrected chi connectivity index (χ4v) is 2.56. The second kappa shape index (κ2) is 5.38. The first-order chi connectivity index (χ1) is 10.2. The van der Waals surface area contributed by atoms with E-state index >= 15 is 0 Å². The lowest BCUT2D eigenvalue weighted by molar-refractivity contribution is 0.126. The van der Waals surface area contributed by atoms with Gasteiger partial charge in [0.05, 0.1) is 0 Å². The van der Waals surface area contributed by atoms with Crippen LogP contribution in [0.15, 0.2) is 79.0 Å². The molecule has 3 heteroatoms. The van der Waals surface area contributed by atoms with Gasteiger partial charge in [-0.3, -0.25) is 0 Å². The Labute approximate surface area is 123 Å². The summed E-state index contributed by atoms with van der Waals surface area (Å²) in [6, 6.07) is 22.6. The molecule has 0 aliphatic carbocycles. The highest BCUT2D eigenvalue weighted by Crippen LogP contribution is 2.38. The summed E-state index contributed by atoms with van der Waals surface area (Å²) < 4.78 is 0. The maximum absolute atomic E-state index is 11.5. The topological polar surface area (TPSA) is 59.1 Å². The zero-order chi connectivity index (χ0) is 14.7. The zero-order valence-electron chi connectivity index (χ0n) is 11.5. The standard InChI is InChI=1S/C18H16N2O/c19-17-16(12-7-13-20-17)18(21,14-8-3-1-4-9-14)15-10-5-2-6-11-15/h1-13,21H,(H2,19,20). The lowest BCUT2D eigenvalue weighted by Crippen LogP contribution is -2.30. The third kappa shape index (κ3) is 2.28. The third-order valence-electron chi connectivity index (χ3n) is 3.61. The molecule has 104 valence electrons. The molecular formula is C18H16N2O. The monoisotopic (exact) mass is 276 g/mol. The molecule has 0 aliphatic heterocycles. The van der Waals surface area contributed by atoms with Gasteiger partial charge in [0.1, 0.15) is 11.4 Å². The van der Waals surface area contributed by atoms with Crippen LogP contribution in [0, 0.1) is 0 Å². The number of nitrogen functional groups attached to an aromatic ring is 1. The predicted octanol–water partition coefficient (Wildman–Crippen LogP) is 2.95. The Bertz CT molecular complexity index is 687. The summed E-state index contributed by atoms with van der Waals surface area (Å²) in [6.07, 6.45) is 1.62. The molecule has 0 unspecified atom stereocenters. The van der Waals surface area contributed by atoms with E-state index in [4.69, 9.17) is 5.73 Å². The van der Waals surface area contributed by atoms with Crippen LogP contribution in [-0.4, -0.2) is 10.1 Å². The molecule has 0 radical (unpaired) electrons. The minimum absolute atomic E-state index is 0.327. The van der Waals surface area contributed by atoms with Crippen LogP contribution in [0.25, 0.3) is 0 Å². The number of nitrogens with zero attached hydrogens (tertiary/aromatic N) is 1. The first kappa shape index (κ1) is 13.3. The molecule has 0 atom stereocenters. The molecule has 0 bridgehead atoms. The van der Waals surface area contributed by atoms with Crippen molar-refractivity contribution in [1.29, 1.82) is 0 Å². The minimum atomic E-state index is -1.32. The van der Waals surface area contributed by atoms with Crippen LogP contribution in [0.1, 0.15) is 16.7 Å². The van der Waals surface area contributed by atoms with E-state index in [1.165, 1.54) is 0 Å². The van der Waals surface area contributed by atoms with Crippen molar-refractivity contribution in [3.05, 3.63) is 95.7 Å². The highest BCUT2D eigenvalue weighted by Gasteiger charge is 2.35. The Morgan fingerprint density at radius 1 is 0.762 bits per heavy atom. The number of anilines is 1. The molecule has 0 fully saturated rings. The summed E-state index contributed by atoms with van der Waals surface area (Å²) in [5, 5.41) is 11.5. The number of rotatable bonds is 3. The molecule has 21 heavy (non-hydrogen) atoms. The van der Waals surface area contributed by atoms with Gasteiger partial charge in [0.15, 0.2) is 0 Å².